The number of ether oxygens (including phenoxy) is 36. The average molecular weight is 2130 g/mol. The van der Waals surface area contributed by atoms with E-state index in [0.717, 1.165) is 7.14 Å². The molecule has 130 heavy (non-hydrogen) atoms. The van der Waals surface area contributed by atoms with Crippen LogP contribution >= 0.6 is 45.2 Å². The fourth-order valence-electron chi connectivity index (χ4n) is 9.71. The Labute approximate surface area is 805 Å². The van der Waals surface area contributed by atoms with Crippen molar-refractivity contribution in [1.82, 2.24) is 0 Å². The lowest BCUT2D eigenvalue weighted by Gasteiger charge is -2.23. The third kappa shape index (κ3) is 82.4. The number of benzene rings is 2. The Morgan fingerprint density at radius 1 is 0.192 bits per heavy atom. The number of hydrogen-bond donors (Lipinski definition) is 0. The van der Waals surface area contributed by atoms with Gasteiger partial charge in [-0.05, 0) is 57.3 Å². The fourth-order valence-corrected chi connectivity index (χ4v) is 11.9. The van der Waals surface area contributed by atoms with E-state index >= 15 is 0 Å². The van der Waals surface area contributed by atoms with Gasteiger partial charge >= 0.3 is 0 Å². The smallest absolute Gasteiger partial charge is 0.145 e. The Kier molecular flexibility index (Phi) is 90.7. The second kappa shape index (κ2) is 94.0. The first kappa shape index (κ1) is 125. The van der Waals surface area contributed by atoms with E-state index in [-0.39, 0.29) is 26.4 Å². The molecular weight excluding hydrogens is 1970 g/mol. The molecule has 40 heteroatoms. The molecule has 0 spiro atoms. The van der Waals surface area contributed by atoms with Gasteiger partial charge < -0.3 is 171 Å². The van der Waals surface area contributed by atoms with Crippen molar-refractivity contribution in [3.05, 3.63) is 42.5 Å². The van der Waals surface area contributed by atoms with E-state index in [4.69, 9.17) is 171 Å². The zero-order valence-electron chi connectivity index (χ0n) is 80.7. The molecule has 2 aromatic carbocycles. The minimum atomic E-state index is -1.86. The maximum absolute atomic E-state index is 6.78. The van der Waals surface area contributed by atoms with Crippen LogP contribution in [-0.4, -0.2) is 467 Å². The van der Waals surface area contributed by atoms with E-state index in [1.165, 1.54) is 0 Å². The van der Waals surface area contributed by atoms with Gasteiger partial charge in [-0.25, -0.2) is 0 Å². The molecule has 0 N–H and O–H groups in total. The van der Waals surface area contributed by atoms with Crippen LogP contribution < -0.4 is 18.9 Å². The molecule has 0 bridgehead atoms. The highest BCUT2D eigenvalue weighted by Crippen LogP contribution is 2.34. The van der Waals surface area contributed by atoms with Crippen molar-refractivity contribution < 1.29 is 171 Å². The summed E-state index contributed by atoms with van der Waals surface area (Å²) in [7, 11) is 9.40. The van der Waals surface area contributed by atoms with E-state index in [2.05, 4.69) is 107 Å². The quantitative estimate of drug-likeness (QED) is 0.0266. The van der Waals surface area contributed by atoms with Gasteiger partial charge in [-0.1, -0.05) is 51.1 Å². The number of rotatable bonds is 96. The van der Waals surface area contributed by atoms with Crippen molar-refractivity contribution in [3.63, 3.8) is 0 Å². The Morgan fingerprint density at radius 3 is 0.462 bits per heavy atom. The van der Waals surface area contributed by atoms with Gasteiger partial charge in [0.2, 0.25) is 0 Å². The molecule has 0 amide bonds. The summed E-state index contributed by atoms with van der Waals surface area (Å²) in [6.45, 7) is 37.5. The van der Waals surface area contributed by atoms with Gasteiger partial charge in [0, 0.05) is 69.0 Å². The third-order valence-corrected chi connectivity index (χ3v) is 19.7. The topological polar surface area (TPSA) is 332 Å². The van der Waals surface area contributed by atoms with Gasteiger partial charge in [0.15, 0.2) is 0 Å². The Balaban J connectivity index is 0.00000132. The molecule has 36 nitrogen and oxygen atoms in total. The Bertz CT molecular complexity index is 2630. The molecule has 0 aliphatic heterocycles. The number of methoxy groups -OCH3 is 8. The van der Waals surface area contributed by atoms with Crippen molar-refractivity contribution >= 4 is 61.3 Å². The van der Waals surface area contributed by atoms with Crippen LogP contribution in [0.3, 0.4) is 0 Å². The van der Waals surface area contributed by atoms with Crippen molar-refractivity contribution in [2.75, 3.05) is 427 Å². The van der Waals surface area contributed by atoms with E-state index < -0.39 is 40.6 Å². The van der Waals surface area contributed by atoms with Crippen LogP contribution in [0, 0.1) is 30.1 Å². The summed E-state index contributed by atoms with van der Waals surface area (Å²) in [5.41, 5.74) is 8.33. The van der Waals surface area contributed by atoms with Crippen LogP contribution in [0.2, 0.25) is 39.3 Å². The molecule has 2 rings (SSSR count). The van der Waals surface area contributed by atoms with Crippen LogP contribution in [0.5, 0.6) is 23.0 Å². The van der Waals surface area contributed by atoms with Crippen LogP contribution in [0.15, 0.2) is 24.3 Å². The van der Waals surface area contributed by atoms with Crippen molar-refractivity contribution in [2.24, 2.45) is 0 Å². The molecule has 0 saturated heterocycles. The summed E-state index contributed by atoms with van der Waals surface area (Å²) in [6.07, 6.45) is -1.83. The van der Waals surface area contributed by atoms with Gasteiger partial charge in [-0.3, -0.25) is 0 Å². The molecule has 0 saturated carbocycles. The Morgan fingerprint density at radius 2 is 0.323 bits per heavy atom. The third-order valence-electron chi connectivity index (χ3n) is 16.2. The summed E-state index contributed by atoms with van der Waals surface area (Å²) in [5, 5.41) is 0. The summed E-state index contributed by atoms with van der Waals surface area (Å²) in [5.74, 6) is 9.32. The van der Waals surface area contributed by atoms with E-state index in [1.54, 1.807) is 56.9 Å². The molecule has 0 radical (unpaired) electrons. The standard InChI is InChI=1S/C50H90O18Si2.C40H72I2O18/c1-51-13-17-55-21-25-59-29-33-63-41-47(42-64-34-30-60-26-22-56-18-14-52-2)67-49-39-46(12-38-70(8,9)10)50(40-45(49)11-37-69(5,6)7)68-48(43-65-35-31-61-27-23-57-19-15-53-3)44-66-36-32-62-28-24-58-20-16-54-4;1-43-5-9-47-13-17-51-21-25-55-31-35(32-56-26-22-52-18-14-48-10-6-44-2)59-39-29-38(42)40(30-37(39)41)60-36(33-57-27-23-53-19-15-49-11-7-45-3)34-58-28-24-54-20-16-50-12-8-46-4/h39-40,47-48H,13-36,41-44H2,1-10H3;29-30,35-36H,5-28,31-34H2,1-4H3. The van der Waals surface area contributed by atoms with Crippen LogP contribution in [0.1, 0.15) is 11.1 Å². The van der Waals surface area contributed by atoms with Gasteiger partial charge in [0.1, 0.15) is 63.6 Å². The average Bonchev–Trinajstić information content (AvgIpc) is 0.818. The minimum Gasteiger partial charge on any atom is -0.484 e. The molecule has 0 atom stereocenters. The highest BCUT2D eigenvalue weighted by atomic mass is 127. The number of hydrogen-bond acceptors (Lipinski definition) is 36. The molecule has 0 aliphatic carbocycles. The molecule has 0 aliphatic rings. The molecule has 0 aromatic heterocycles. The SMILES string of the molecule is COCCOCCOCCOCC(COCCOCCOCCOC)Oc1cc(C#C[Si](C)(C)C)c(OC(COCCOCCOCCOC)COCCOCCOCCOC)cc1C#C[Si](C)(C)C.COCCOCCOCCOCC(COCCOCCOCCOC)Oc1cc(I)c(OC(COCCOCCOCCOC)COCCOCCOCCOC)cc1I. The van der Waals surface area contributed by atoms with Gasteiger partial charge in [0.25, 0.3) is 0 Å². The molecule has 0 heterocycles. The second-order valence-corrected chi connectivity index (χ2v) is 41.7. The first-order valence-electron chi connectivity index (χ1n) is 44.6. The highest BCUT2D eigenvalue weighted by molar-refractivity contribution is 14.1. The number of halogens is 2. The van der Waals surface area contributed by atoms with E-state index in [1.807, 2.05) is 24.3 Å². The normalized spacial score (nSPS) is 11.8. The second-order valence-electron chi connectivity index (χ2n) is 29.9. The lowest BCUT2D eigenvalue weighted by molar-refractivity contribution is -0.0417. The fraction of sp³-hybridized carbons (Fsp3) is 0.822. The summed E-state index contributed by atoms with van der Waals surface area (Å²) in [4.78, 5) is 0. The van der Waals surface area contributed by atoms with Gasteiger partial charge in [0.05, 0.1) is 388 Å². The molecular formula is C90H162I2O36Si2. The van der Waals surface area contributed by atoms with E-state index in [9.17, 15) is 0 Å². The van der Waals surface area contributed by atoms with Crippen molar-refractivity contribution in [2.45, 2.75) is 63.7 Å². The molecule has 760 valence electrons. The van der Waals surface area contributed by atoms with Crippen molar-refractivity contribution in [3.8, 4) is 45.9 Å². The molecule has 2 aromatic rings. The van der Waals surface area contributed by atoms with Crippen LogP contribution in [-0.2, 0) is 152 Å². The largest absolute Gasteiger partial charge is 0.484 e. The van der Waals surface area contributed by atoms with Gasteiger partial charge in [-0.2, -0.15) is 0 Å². The lowest BCUT2D eigenvalue weighted by atomic mass is 10.1. The van der Waals surface area contributed by atoms with E-state index in [0.29, 0.717) is 378 Å². The monoisotopic (exact) mass is 2130 g/mol. The summed E-state index contributed by atoms with van der Waals surface area (Å²) < 4.78 is 205. The first-order valence-corrected chi connectivity index (χ1v) is 53.8. The zero-order chi connectivity index (χ0) is 94.6. The minimum absolute atomic E-state index is 0.225. The summed E-state index contributed by atoms with van der Waals surface area (Å²) in [6, 6.07) is 7.70. The summed E-state index contributed by atoms with van der Waals surface area (Å²) >= 11 is 4.49. The van der Waals surface area contributed by atoms with Gasteiger partial charge in [-0.15, -0.1) is 11.1 Å². The molecule has 0 fully saturated rings. The highest BCUT2D eigenvalue weighted by Gasteiger charge is 2.24. The van der Waals surface area contributed by atoms with Crippen LogP contribution in [0.4, 0.5) is 0 Å². The Hall–Kier alpha value is -2.63. The first-order chi connectivity index (χ1) is 63.5. The van der Waals surface area contributed by atoms with Crippen molar-refractivity contribution in [1.29, 1.82) is 0 Å². The zero-order valence-corrected chi connectivity index (χ0v) is 87.0. The maximum Gasteiger partial charge on any atom is 0.145 e. The molecule has 0 unspecified atom stereocenters. The maximum atomic E-state index is 6.78. The van der Waals surface area contributed by atoms with Crippen LogP contribution in [0.25, 0.3) is 0 Å². The lowest BCUT2D eigenvalue weighted by Crippen LogP contribution is -2.31. The predicted octanol–water partition coefficient (Wildman–Crippen LogP) is 7.60. The predicted molar refractivity (Wildman–Crippen MR) is 511 cm³/mol.